The van der Waals surface area contributed by atoms with Crippen LogP contribution >= 0.6 is 11.8 Å². The van der Waals surface area contributed by atoms with E-state index in [1.165, 1.54) is 4.68 Å². The van der Waals surface area contributed by atoms with Crippen molar-refractivity contribution in [2.75, 3.05) is 11.6 Å². The van der Waals surface area contributed by atoms with Gasteiger partial charge >= 0.3 is 5.97 Å². The number of nitrogens with zero attached hydrogens (tertiary/aromatic N) is 4. The SMILES string of the molecule is Nn1c(Cc2ccncc2)nnc1SCC(=O)O. The van der Waals surface area contributed by atoms with Gasteiger partial charge in [0, 0.05) is 18.8 Å². The van der Waals surface area contributed by atoms with Crippen LogP contribution in [0.15, 0.2) is 29.7 Å². The summed E-state index contributed by atoms with van der Waals surface area (Å²) in [5.74, 6) is 5.37. The van der Waals surface area contributed by atoms with E-state index >= 15 is 0 Å². The van der Waals surface area contributed by atoms with E-state index < -0.39 is 5.97 Å². The number of hydrogen-bond acceptors (Lipinski definition) is 6. The highest BCUT2D eigenvalue weighted by atomic mass is 32.2. The number of hydrogen-bond donors (Lipinski definition) is 2. The molecule has 2 heterocycles. The molecule has 0 aliphatic rings. The molecule has 18 heavy (non-hydrogen) atoms. The van der Waals surface area contributed by atoms with Crippen molar-refractivity contribution in [3.63, 3.8) is 0 Å². The van der Waals surface area contributed by atoms with Crippen molar-refractivity contribution >= 4 is 17.7 Å². The standard InChI is InChI=1S/C10H11N5O2S/c11-15-8(5-7-1-3-12-4-2-7)13-14-10(15)18-6-9(16)17/h1-4H,5-6,11H2,(H,16,17). The first-order valence-electron chi connectivity index (χ1n) is 5.09. The minimum absolute atomic E-state index is 0.0927. The van der Waals surface area contributed by atoms with Gasteiger partial charge in [0.15, 0.2) is 5.82 Å². The van der Waals surface area contributed by atoms with Gasteiger partial charge < -0.3 is 10.9 Å². The van der Waals surface area contributed by atoms with E-state index in [0.29, 0.717) is 17.4 Å². The maximum atomic E-state index is 10.5. The van der Waals surface area contributed by atoms with E-state index in [9.17, 15) is 4.79 Å². The molecule has 0 unspecified atom stereocenters. The van der Waals surface area contributed by atoms with Crippen molar-refractivity contribution in [3.05, 3.63) is 35.9 Å². The normalized spacial score (nSPS) is 10.4. The zero-order chi connectivity index (χ0) is 13.0. The van der Waals surface area contributed by atoms with Gasteiger partial charge in [-0.05, 0) is 17.7 Å². The van der Waals surface area contributed by atoms with E-state index in [2.05, 4.69) is 15.2 Å². The molecule has 0 fully saturated rings. The summed E-state index contributed by atoms with van der Waals surface area (Å²) in [4.78, 5) is 14.4. The van der Waals surface area contributed by atoms with Crippen molar-refractivity contribution in [1.29, 1.82) is 0 Å². The summed E-state index contributed by atoms with van der Waals surface area (Å²) >= 11 is 1.04. The molecule has 0 radical (unpaired) electrons. The molecule has 0 amide bonds. The van der Waals surface area contributed by atoms with Gasteiger partial charge in [-0.2, -0.15) is 0 Å². The molecule has 0 saturated carbocycles. The Hall–Kier alpha value is -2.09. The molecule has 0 saturated heterocycles. The first-order valence-corrected chi connectivity index (χ1v) is 6.08. The highest BCUT2D eigenvalue weighted by molar-refractivity contribution is 7.99. The van der Waals surface area contributed by atoms with Crippen molar-refractivity contribution in [2.24, 2.45) is 0 Å². The van der Waals surface area contributed by atoms with E-state index in [4.69, 9.17) is 10.9 Å². The number of thioether (sulfide) groups is 1. The minimum Gasteiger partial charge on any atom is -0.481 e. The first kappa shape index (κ1) is 12.4. The molecule has 0 atom stereocenters. The summed E-state index contributed by atoms with van der Waals surface area (Å²) in [6, 6.07) is 3.72. The van der Waals surface area contributed by atoms with Crippen molar-refractivity contribution in [3.8, 4) is 0 Å². The molecule has 0 spiro atoms. The van der Waals surface area contributed by atoms with Gasteiger partial charge in [-0.15, -0.1) is 10.2 Å². The monoisotopic (exact) mass is 265 g/mol. The third-order valence-electron chi connectivity index (χ3n) is 2.17. The van der Waals surface area contributed by atoms with Gasteiger partial charge in [-0.3, -0.25) is 9.78 Å². The molecule has 3 N–H and O–H groups in total. The van der Waals surface area contributed by atoms with Crippen molar-refractivity contribution < 1.29 is 9.90 Å². The fraction of sp³-hybridized carbons (Fsp3) is 0.200. The molecule has 2 rings (SSSR count). The first-order chi connectivity index (χ1) is 8.66. The summed E-state index contributed by atoms with van der Waals surface area (Å²) in [6.07, 6.45) is 3.90. The maximum Gasteiger partial charge on any atom is 0.313 e. The van der Waals surface area contributed by atoms with E-state index in [1.807, 2.05) is 12.1 Å². The number of carboxylic acids is 1. The van der Waals surface area contributed by atoms with Crippen molar-refractivity contribution in [1.82, 2.24) is 19.9 Å². The third-order valence-corrected chi connectivity index (χ3v) is 3.10. The average molecular weight is 265 g/mol. The van der Waals surface area contributed by atoms with Crippen LogP contribution < -0.4 is 5.84 Å². The van der Waals surface area contributed by atoms with E-state index in [0.717, 1.165) is 17.3 Å². The molecule has 94 valence electrons. The quantitative estimate of drug-likeness (QED) is 0.585. The van der Waals surface area contributed by atoms with Crippen LogP contribution in [-0.2, 0) is 11.2 Å². The lowest BCUT2D eigenvalue weighted by molar-refractivity contribution is -0.133. The summed E-state index contributed by atoms with van der Waals surface area (Å²) in [6.45, 7) is 0. The molecular formula is C10H11N5O2S. The van der Waals surface area contributed by atoms with Crippen LogP contribution in [0.25, 0.3) is 0 Å². The van der Waals surface area contributed by atoms with Gasteiger partial charge in [0.2, 0.25) is 5.16 Å². The number of rotatable bonds is 5. The Morgan fingerprint density at radius 3 is 2.78 bits per heavy atom. The number of carbonyl (C=O) groups is 1. The lowest BCUT2D eigenvalue weighted by Crippen LogP contribution is -2.15. The summed E-state index contributed by atoms with van der Waals surface area (Å²) in [5, 5.41) is 16.8. The average Bonchev–Trinajstić information content (AvgIpc) is 2.70. The molecule has 0 aromatic carbocycles. The molecule has 0 aliphatic heterocycles. The number of carboxylic acid groups (broad SMARTS) is 1. The maximum absolute atomic E-state index is 10.5. The summed E-state index contributed by atoms with van der Waals surface area (Å²) < 4.78 is 1.31. The molecule has 2 aromatic rings. The number of nitrogens with two attached hydrogens (primary N) is 1. The van der Waals surface area contributed by atoms with Gasteiger partial charge in [0.25, 0.3) is 0 Å². The molecule has 0 aliphatic carbocycles. The van der Waals surface area contributed by atoms with Gasteiger partial charge in [0.05, 0.1) is 5.75 Å². The predicted molar refractivity (Wildman–Crippen MR) is 65.6 cm³/mol. The number of nitrogen functional groups attached to an aromatic ring is 1. The highest BCUT2D eigenvalue weighted by Crippen LogP contribution is 2.15. The lowest BCUT2D eigenvalue weighted by atomic mass is 10.2. The largest absolute Gasteiger partial charge is 0.481 e. The minimum atomic E-state index is -0.918. The second kappa shape index (κ2) is 5.50. The van der Waals surface area contributed by atoms with Crippen LogP contribution in [0.2, 0.25) is 0 Å². The van der Waals surface area contributed by atoms with E-state index in [1.54, 1.807) is 12.4 Å². The van der Waals surface area contributed by atoms with Crippen LogP contribution in [0, 0.1) is 0 Å². The molecule has 7 nitrogen and oxygen atoms in total. The Labute approximate surface area is 107 Å². The fourth-order valence-corrected chi connectivity index (χ4v) is 1.93. The van der Waals surface area contributed by atoms with Gasteiger partial charge in [-0.1, -0.05) is 11.8 Å². The van der Waals surface area contributed by atoms with Crippen molar-refractivity contribution in [2.45, 2.75) is 11.6 Å². The van der Waals surface area contributed by atoms with Crippen LogP contribution in [-0.4, -0.2) is 36.7 Å². The summed E-state index contributed by atoms with van der Waals surface area (Å²) in [5.41, 5.74) is 1.01. The zero-order valence-electron chi connectivity index (χ0n) is 9.35. The van der Waals surface area contributed by atoms with Crippen LogP contribution in [0.4, 0.5) is 0 Å². The van der Waals surface area contributed by atoms with E-state index in [-0.39, 0.29) is 5.75 Å². The molecule has 0 bridgehead atoms. The van der Waals surface area contributed by atoms with Gasteiger partial charge in [-0.25, -0.2) is 4.68 Å². The smallest absolute Gasteiger partial charge is 0.313 e. The third kappa shape index (κ3) is 2.98. The Balaban J connectivity index is 2.08. The zero-order valence-corrected chi connectivity index (χ0v) is 10.2. The predicted octanol–water partition coefficient (Wildman–Crippen LogP) is 0.154. The molecule has 2 aromatic heterocycles. The second-order valence-electron chi connectivity index (χ2n) is 3.48. The number of aromatic nitrogens is 4. The Morgan fingerprint density at radius 1 is 1.39 bits per heavy atom. The Kier molecular flexibility index (Phi) is 3.78. The van der Waals surface area contributed by atoms with Gasteiger partial charge in [0.1, 0.15) is 0 Å². The topological polar surface area (TPSA) is 107 Å². The summed E-state index contributed by atoms with van der Waals surface area (Å²) in [7, 11) is 0. The number of aliphatic carboxylic acids is 1. The Bertz CT molecular complexity index is 542. The Morgan fingerprint density at radius 2 is 2.11 bits per heavy atom. The lowest BCUT2D eigenvalue weighted by Gasteiger charge is -2.02. The number of pyridine rings is 1. The molecule has 8 heteroatoms. The van der Waals surface area contributed by atoms with Crippen LogP contribution in [0.3, 0.4) is 0 Å². The molecular weight excluding hydrogens is 254 g/mol. The van der Waals surface area contributed by atoms with Crippen LogP contribution in [0.5, 0.6) is 0 Å². The highest BCUT2D eigenvalue weighted by Gasteiger charge is 2.11. The second-order valence-corrected chi connectivity index (χ2v) is 4.43. The van der Waals surface area contributed by atoms with Crippen LogP contribution in [0.1, 0.15) is 11.4 Å². The fourth-order valence-electron chi connectivity index (χ4n) is 1.34.